The minimum absolute atomic E-state index is 0.0770. The van der Waals surface area contributed by atoms with Crippen LogP contribution in [0, 0.1) is 13.8 Å². The Labute approximate surface area is 172 Å². The van der Waals surface area contributed by atoms with E-state index in [0.717, 1.165) is 49.2 Å². The maximum Gasteiger partial charge on any atom is 0.244 e. The van der Waals surface area contributed by atoms with Crippen molar-refractivity contribution in [1.82, 2.24) is 9.80 Å². The molecule has 1 atom stereocenters. The van der Waals surface area contributed by atoms with E-state index >= 15 is 0 Å². The first-order chi connectivity index (χ1) is 14.0. The summed E-state index contributed by atoms with van der Waals surface area (Å²) < 4.78 is 0. The third-order valence-electron chi connectivity index (χ3n) is 6.17. The number of likely N-dealkylation sites (tertiary alicyclic amines) is 1. The molecule has 2 amide bonds. The number of amides is 2. The lowest BCUT2D eigenvalue weighted by atomic mass is 9.91. The van der Waals surface area contributed by atoms with Crippen molar-refractivity contribution in [2.45, 2.75) is 39.2 Å². The fourth-order valence-electron chi connectivity index (χ4n) is 4.39. The van der Waals surface area contributed by atoms with Crippen LogP contribution in [0.15, 0.2) is 42.5 Å². The summed E-state index contributed by atoms with van der Waals surface area (Å²) in [4.78, 5) is 30.1. The SMILES string of the molecule is Cc1ccc(NC(=O)CN2CCc3ccccc3[C@@H]2C(=O)N2CCCC2)cc1C. The summed E-state index contributed by atoms with van der Waals surface area (Å²) in [5.74, 6) is 0.0560. The first kappa shape index (κ1) is 19.6. The van der Waals surface area contributed by atoms with Crippen LogP contribution in [0.4, 0.5) is 5.69 Å². The average Bonchev–Trinajstić information content (AvgIpc) is 3.25. The predicted octanol–water partition coefficient (Wildman–Crippen LogP) is 3.46. The molecule has 2 aliphatic rings. The Hall–Kier alpha value is -2.66. The van der Waals surface area contributed by atoms with E-state index < -0.39 is 0 Å². The van der Waals surface area contributed by atoms with Crippen molar-refractivity contribution >= 4 is 17.5 Å². The summed E-state index contributed by atoms with van der Waals surface area (Å²) in [5.41, 5.74) is 5.42. The number of hydrogen-bond acceptors (Lipinski definition) is 3. The Kier molecular flexibility index (Phi) is 5.67. The van der Waals surface area contributed by atoms with Gasteiger partial charge in [-0.15, -0.1) is 0 Å². The van der Waals surface area contributed by atoms with Crippen LogP contribution in [-0.2, 0) is 16.0 Å². The number of aryl methyl sites for hydroxylation is 2. The van der Waals surface area contributed by atoms with Crippen molar-refractivity contribution in [3.63, 3.8) is 0 Å². The van der Waals surface area contributed by atoms with Crippen LogP contribution in [0.2, 0.25) is 0 Å². The summed E-state index contributed by atoms with van der Waals surface area (Å²) in [5, 5.41) is 3.00. The molecule has 0 saturated carbocycles. The molecule has 0 aromatic heterocycles. The number of nitrogens with zero attached hydrogens (tertiary/aromatic N) is 2. The fraction of sp³-hybridized carbons (Fsp3) is 0.417. The van der Waals surface area contributed by atoms with Crippen LogP contribution in [0.3, 0.4) is 0 Å². The minimum atomic E-state index is -0.372. The number of carbonyl (C=O) groups excluding carboxylic acids is 2. The number of nitrogens with one attached hydrogen (secondary N) is 1. The molecule has 0 unspecified atom stereocenters. The molecular formula is C24H29N3O2. The summed E-state index contributed by atoms with van der Waals surface area (Å²) in [7, 11) is 0. The van der Waals surface area contributed by atoms with E-state index in [1.165, 1.54) is 11.1 Å². The second kappa shape index (κ2) is 8.37. The van der Waals surface area contributed by atoms with E-state index in [-0.39, 0.29) is 24.4 Å². The molecule has 0 aliphatic carbocycles. The Morgan fingerprint density at radius 2 is 1.76 bits per heavy atom. The molecule has 1 saturated heterocycles. The monoisotopic (exact) mass is 391 g/mol. The Morgan fingerprint density at radius 3 is 2.52 bits per heavy atom. The van der Waals surface area contributed by atoms with Gasteiger partial charge in [0, 0.05) is 25.3 Å². The van der Waals surface area contributed by atoms with Crippen molar-refractivity contribution < 1.29 is 9.59 Å². The average molecular weight is 392 g/mol. The first-order valence-electron chi connectivity index (χ1n) is 10.5. The van der Waals surface area contributed by atoms with Gasteiger partial charge in [-0.3, -0.25) is 14.5 Å². The zero-order chi connectivity index (χ0) is 20.4. The van der Waals surface area contributed by atoms with Crippen LogP contribution in [0.25, 0.3) is 0 Å². The van der Waals surface area contributed by atoms with Gasteiger partial charge >= 0.3 is 0 Å². The fourth-order valence-corrected chi connectivity index (χ4v) is 4.39. The van der Waals surface area contributed by atoms with E-state index in [0.29, 0.717) is 6.54 Å². The second-order valence-corrected chi connectivity index (χ2v) is 8.20. The van der Waals surface area contributed by atoms with E-state index in [9.17, 15) is 9.59 Å². The smallest absolute Gasteiger partial charge is 0.244 e. The Morgan fingerprint density at radius 1 is 1.00 bits per heavy atom. The molecule has 1 fully saturated rings. The van der Waals surface area contributed by atoms with Gasteiger partial charge < -0.3 is 10.2 Å². The number of benzene rings is 2. The summed E-state index contributed by atoms with van der Waals surface area (Å²) >= 11 is 0. The lowest BCUT2D eigenvalue weighted by Gasteiger charge is -2.37. The van der Waals surface area contributed by atoms with Crippen LogP contribution in [0.5, 0.6) is 0 Å². The standard InChI is InChI=1S/C24H29N3O2/c1-17-9-10-20(15-18(17)2)25-22(28)16-27-14-11-19-7-3-4-8-21(19)23(27)24(29)26-12-5-6-13-26/h3-4,7-10,15,23H,5-6,11-14,16H2,1-2H3,(H,25,28)/t23-/m1/s1. The molecule has 1 N–H and O–H groups in total. The molecule has 5 heteroatoms. The van der Waals surface area contributed by atoms with E-state index in [1.807, 2.05) is 53.1 Å². The zero-order valence-electron chi connectivity index (χ0n) is 17.3. The van der Waals surface area contributed by atoms with Gasteiger partial charge in [0.05, 0.1) is 6.54 Å². The topological polar surface area (TPSA) is 52.7 Å². The number of hydrogen-bond donors (Lipinski definition) is 1. The highest BCUT2D eigenvalue weighted by Gasteiger charge is 2.37. The van der Waals surface area contributed by atoms with Crippen LogP contribution in [0.1, 0.15) is 41.1 Å². The van der Waals surface area contributed by atoms with E-state index in [2.05, 4.69) is 18.3 Å². The first-order valence-corrected chi connectivity index (χ1v) is 10.5. The summed E-state index contributed by atoms with van der Waals surface area (Å²) in [6, 6.07) is 13.7. The van der Waals surface area contributed by atoms with Crippen LogP contribution in [-0.4, -0.2) is 47.8 Å². The molecule has 2 aromatic carbocycles. The summed E-state index contributed by atoms with van der Waals surface area (Å²) in [6.07, 6.45) is 2.98. The zero-order valence-corrected chi connectivity index (χ0v) is 17.3. The predicted molar refractivity (Wildman–Crippen MR) is 115 cm³/mol. The van der Waals surface area contributed by atoms with Gasteiger partial charge in [0.15, 0.2) is 0 Å². The molecule has 2 heterocycles. The maximum atomic E-state index is 13.3. The van der Waals surface area contributed by atoms with Crippen molar-refractivity contribution in [1.29, 1.82) is 0 Å². The van der Waals surface area contributed by atoms with Crippen molar-refractivity contribution in [3.8, 4) is 0 Å². The van der Waals surface area contributed by atoms with Gasteiger partial charge in [-0.05, 0) is 67.5 Å². The van der Waals surface area contributed by atoms with E-state index in [1.54, 1.807) is 0 Å². The molecule has 2 aromatic rings. The number of fused-ring (bicyclic) bond motifs is 1. The van der Waals surface area contributed by atoms with Crippen LogP contribution >= 0.6 is 0 Å². The highest BCUT2D eigenvalue weighted by atomic mass is 16.2. The third kappa shape index (κ3) is 4.20. The largest absolute Gasteiger partial charge is 0.341 e. The molecule has 2 aliphatic heterocycles. The molecule has 4 rings (SSSR count). The Bertz CT molecular complexity index is 918. The second-order valence-electron chi connectivity index (χ2n) is 8.20. The van der Waals surface area contributed by atoms with Gasteiger partial charge in [-0.25, -0.2) is 0 Å². The molecule has 0 bridgehead atoms. The molecular weight excluding hydrogens is 362 g/mol. The normalized spacial score (nSPS) is 19.1. The molecule has 0 spiro atoms. The molecule has 29 heavy (non-hydrogen) atoms. The van der Waals surface area contributed by atoms with E-state index in [4.69, 9.17) is 0 Å². The number of anilines is 1. The lowest BCUT2D eigenvalue weighted by molar-refractivity contribution is -0.137. The van der Waals surface area contributed by atoms with Gasteiger partial charge in [-0.2, -0.15) is 0 Å². The highest BCUT2D eigenvalue weighted by Crippen LogP contribution is 2.32. The van der Waals surface area contributed by atoms with Crippen molar-refractivity contribution in [2.24, 2.45) is 0 Å². The van der Waals surface area contributed by atoms with Gasteiger partial charge in [-0.1, -0.05) is 30.3 Å². The minimum Gasteiger partial charge on any atom is -0.341 e. The quantitative estimate of drug-likeness (QED) is 0.868. The third-order valence-corrected chi connectivity index (χ3v) is 6.17. The maximum absolute atomic E-state index is 13.3. The van der Waals surface area contributed by atoms with Gasteiger partial charge in [0.25, 0.3) is 0 Å². The molecule has 0 radical (unpaired) electrons. The number of carbonyl (C=O) groups is 2. The lowest BCUT2D eigenvalue weighted by Crippen LogP contribution is -2.47. The molecule has 152 valence electrons. The van der Waals surface area contributed by atoms with Gasteiger partial charge in [0.2, 0.25) is 11.8 Å². The van der Waals surface area contributed by atoms with Crippen LogP contribution < -0.4 is 5.32 Å². The van der Waals surface area contributed by atoms with Crippen molar-refractivity contribution in [2.75, 3.05) is 31.5 Å². The number of rotatable bonds is 4. The van der Waals surface area contributed by atoms with Gasteiger partial charge in [0.1, 0.15) is 6.04 Å². The summed E-state index contributed by atoms with van der Waals surface area (Å²) in [6.45, 7) is 6.66. The Balaban J connectivity index is 1.53. The van der Waals surface area contributed by atoms with Crippen molar-refractivity contribution in [3.05, 3.63) is 64.7 Å². The highest BCUT2D eigenvalue weighted by molar-refractivity contribution is 5.93. The molecule has 5 nitrogen and oxygen atoms in total.